The lowest BCUT2D eigenvalue weighted by Crippen LogP contribution is -1.91. The molecule has 2 heteroatoms. The van der Waals surface area contributed by atoms with E-state index in [1.54, 1.807) is 0 Å². The molecule has 0 radical (unpaired) electrons. The molecular formula is C9H12BrN. The molecule has 0 bridgehead atoms. The molecule has 11 heavy (non-hydrogen) atoms. The van der Waals surface area contributed by atoms with E-state index in [4.69, 9.17) is 0 Å². The maximum atomic E-state index is 4.25. The summed E-state index contributed by atoms with van der Waals surface area (Å²) in [5.74, 6) is 0.555. The van der Waals surface area contributed by atoms with Crippen molar-refractivity contribution in [1.82, 2.24) is 4.98 Å². The highest BCUT2D eigenvalue weighted by atomic mass is 79.9. The Hall–Kier alpha value is -0.370. The summed E-state index contributed by atoms with van der Waals surface area (Å²) in [6.07, 6.45) is 1.94. The van der Waals surface area contributed by atoms with Gasteiger partial charge >= 0.3 is 0 Å². The highest BCUT2D eigenvalue weighted by molar-refractivity contribution is 9.10. The van der Waals surface area contributed by atoms with Gasteiger partial charge in [-0.3, -0.25) is 4.98 Å². The normalized spacial score (nSPS) is 10.6. The molecule has 0 saturated carbocycles. The number of rotatable bonds is 1. The van der Waals surface area contributed by atoms with E-state index in [0.29, 0.717) is 5.92 Å². The van der Waals surface area contributed by atoms with Crippen LogP contribution in [0, 0.1) is 6.92 Å². The van der Waals surface area contributed by atoms with E-state index >= 15 is 0 Å². The van der Waals surface area contributed by atoms with Gasteiger partial charge in [0.05, 0.1) is 5.69 Å². The molecule has 0 spiro atoms. The topological polar surface area (TPSA) is 12.9 Å². The molecule has 0 unspecified atom stereocenters. The summed E-state index contributed by atoms with van der Waals surface area (Å²) >= 11 is 3.45. The molecule has 0 aliphatic carbocycles. The highest BCUT2D eigenvalue weighted by Gasteiger charge is 2.01. The maximum Gasteiger partial charge on any atom is 0.0514 e. The van der Waals surface area contributed by atoms with E-state index in [0.717, 1.165) is 10.2 Å². The average Bonchev–Trinajstić information content (AvgIpc) is 1.94. The van der Waals surface area contributed by atoms with Crippen molar-refractivity contribution in [2.75, 3.05) is 0 Å². The van der Waals surface area contributed by atoms with Gasteiger partial charge in [0.25, 0.3) is 0 Å². The molecule has 0 amide bonds. The van der Waals surface area contributed by atoms with E-state index in [1.807, 2.05) is 13.1 Å². The number of hydrogen-bond donors (Lipinski definition) is 0. The van der Waals surface area contributed by atoms with Gasteiger partial charge in [-0.25, -0.2) is 0 Å². The number of aromatic nitrogens is 1. The molecule has 60 valence electrons. The van der Waals surface area contributed by atoms with Crippen molar-refractivity contribution in [3.05, 3.63) is 28.0 Å². The Morgan fingerprint density at radius 3 is 2.55 bits per heavy atom. The zero-order valence-corrected chi connectivity index (χ0v) is 8.64. The van der Waals surface area contributed by atoms with E-state index < -0.39 is 0 Å². The van der Waals surface area contributed by atoms with Gasteiger partial charge in [0.2, 0.25) is 0 Å². The SMILES string of the molecule is Cc1ncc(C(C)C)cc1Br. The average molecular weight is 214 g/mol. The summed E-state index contributed by atoms with van der Waals surface area (Å²) < 4.78 is 1.10. The van der Waals surface area contributed by atoms with E-state index in [-0.39, 0.29) is 0 Å². The number of nitrogens with zero attached hydrogens (tertiary/aromatic N) is 1. The number of aryl methyl sites for hydroxylation is 1. The second kappa shape index (κ2) is 3.35. The van der Waals surface area contributed by atoms with Crippen molar-refractivity contribution in [3.63, 3.8) is 0 Å². The van der Waals surface area contributed by atoms with Crippen LogP contribution in [0.1, 0.15) is 31.0 Å². The van der Waals surface area contributed by atoms with Crippen LogP contribution in [0.3, 0.4) is 0 Å². The molecule has 1 nitrogen and oxygen atoms in total. The lowest BCUT2D eigenvalue weighted by atomic mass is 10.1. The van der Waals surface area contributed by atoms with E-state index in [9.17, 15) is 0 Å². The van der Waals surface area contributed by atoms with Gasteiger partial charge in [0, 0.05) is 10.7 Å². The van der Waals surface area contributed by atoms with Gasteiger partial charge in [-0.1, -0.05) is 13.8 Å². The fourth-order valence-electron chi connectivity index (χ4n) is 0.837. The van der Waals surface area contributed by atoms with Crippen LogP contribution in [0.2, 0.25) is 0 Å². The summed E-state index contributed by atoms with van der Waals surface area (Å²) in [5.41, 5.74) is 2.33. The largest absolute Gasteiger partial charge is 0.260 e. The van der Waals surface area contributed by atoms with Crippen molar-refractivity contribution in [3.8, 4) is 0 Å². The molecule has 0 aromatic carbocycles. The first-order valence-electron chi connectivity index (χ1n) is 3.73. The Labute approximate surface area is 76.0 Å². The lowest BCUT2D eigenvalue weighted by molar-refractivity contribution is 0.853. The van der Waals surface area contributed by atoms with Crippen LogP contribution in [0.15, 0.2) is 16.7 Å². The van der Waals surface area contributed by atoms with Gasteiger partial charge in [-0.15, -0.1) is 0 Å². The highest BCUT2D eigenvalue weighted by Crippen LogP contribution is 2.20. The fraction of sp³-hybridized carbons (Fsp3) is 0.444. The number of halogens is 1. The van der Waals surface area contributed by atoms with Gasteiger partial charge < -0.3 is 0 Å². The second-order valence-electron chi connectivity index (χ2n) is 2.99. The molecule has 0 N–H and O–H groups in total. The Kier molecular flexibility index (Phi) is 2.66. The molecule has 1 aromatic rings. The van der Waals surface area contributed by atoms with Crippen LogP contribution in [0.5, 0.6) is 0 Å². The first-order valence-corrected chi connectivity index (χ1v) is 4.52. The molecule has 1 rings (SSSR count). The van der Waals surface area contributed by atoms with Crippen LogP contribution < -0.4 is 0 Å². The summed E-state index contributed by atoms with van der Waals surface area (Å²) in [6, 6.07) is 2.13. The molecule has 0 aliphatic rings. The van der Waals surface area contributed by atoms with Gasteiger partial charge in [-0.05, 0) is 40.4 Å². The molecular weight excluding hydrogens is 202 g/mol. The van der Waals surface area contributed by atoms with E-state index in [1.165, 1.54) is 5.56 Å². The first kappa shape index (κ1) is 8.72. The third-order valence-corrected chi connectivity index (χ3v) is 2.52. The van der Waals surface area contributed by atoms with Gasteiger partial charge in [-0.2, -0.15) is 0 Å². The number of pyridine rings is 1. The third-order valence-electron chi connectivity index (χ3n) is 1.71. The number of hydrogen-bond acceptors (Lipinski definition) is 1. The van der Waals surface area contributed by atoms with Crippen LogP contribution in [-0.4, -0.2) is 4.98 Å². The third kappa shape index (κ3) is 2.03. The smallest absolute Gasteiger partial charge is 0.0514 e. The standard InChI is InChI=1S/C9H12BrN/c1-6(2)8-4-9(10)7(3)11-5-8/h4-6H,1-3H3. The molecule has 0 fully saturated rings. The predicted molar refractivity (Wildman–Crippen MR) is 50.8 cm³/mol. The summed E-state index contributed by atoms with van der Waals surface area (Å²) in [5, 5.41) is 0. The first-order chi connectivity index (χ1) is 5.11. The molecule has 1 heterocycles. The minimum absolute atomic E-state index is 0.555. The van der Waals surface area contributed by atoms with Gasteiger partial charge in [0.15, 0.2) is 0 Å². The minimum Gasteiger partial charge on any atom is -0.260 e. The molecule has 0 aliphatic heterocycles. The van der Waals surface area contributed by atoms with Crippen molar-refractivity contribution in [2.24, 2.45) is 0 Å². The van der Waals surface area contributed by atoms with Crippen molar-refractivity contribution >= 4 is 15.9 Å². The maximum absolute atomic E-state index is 4.25. The molecule has 0 saturated heterocycles. The molecule has 1 aromatic heterocycles. The Bertz CT molecular complexity index is 256. The summed E-state index contributed by atoms with van der Waals surface area (Å²) in [6.45, 7) is 6.33. The van der Waals surface area contributed by atoms with Crippen molar-refractivity contribution in [2.45, 2.75) is 26.7 Å². The van der Waals surface area contributed by atoms with E-state index in [2.05, 4.69) is 40.8 Å². The monoisotopic (exact) mass is 213 g/mol. The second-order valence-corrected chi connectivity index (χ2v) is 3.84. The quantitative estimate of drug-likeness (QED) is 0.699. The van der Waals surface area contributed by atoms with Crippen LogP contribution in [0.25, 0.3) is 0 Å². The van der Waals surface area contributed by atoms with Crippen molar-refractivity contribution in [1.29, 1.82) is 0 Å². The lowest BCUT2D eigenvalue weighted by Gasteiger charge is -2.05. The molecule has 0 atom stereocenters. The van der Waals surface area contributed by atoms with Crippen LogP contribution in [0.4, 0.5) is 0 Å². The zero-order valence-electron chi connectivity index (χ0n) is 7.06. The predicted octanol–water partition coefficient (Wildman–Crippen LogP) is 3.28. The Balaban J connectivity index is 3.05. The summed E-state index contributed by atoms with van der Waals surface area (Å²) in [7, 11) is 0. The Morgan fingerprint density at radius 1 is 1.45 bits per heavy atom. The van der Waals surface area contributed by atoms with Crippen LogP contribution in [-0.2, 0) is 0 Å². The van der Waals surface area contributed by atoms with Crippen molar-refractivity contribution < 1.29 is 0 Å². The summed E-state index contributed by atoms with van der Waals surface area (Å²) in [4.78, 5) is 4.25. The minimum atomic E-state index is 0.555. The van der Waals surface area contributed by atoms with Gasteiger partial charge in [0.1, 0.15) is 0 Å². The zero-order chi connectivity index (χ0) is 8.43. The fourth-order valence-corrected chi connectivity index (χ4v) is 1.20. The Morgan fingerprint density at radius 2 is 2.09 bits per heavy atom. The van der Waals surface area contributed by atoms with Crippen LogP contribution >= 0.6 is 15.9 Å².